The first kappa shape index (κ1) is 23.3. The zero-order chi connectivity index (χ0) is 24.1. The summed E-state index contributed by atoms with van der Waals surface area (Å²) in [5.41, 5.74) is 6.41. The van der Waals surface area contributed by atoms with E-state index < -0.39 is 15.8 Å². The number of nitrogens with zero attached hydrogens (tertiary/aromatic N) is 1. The highest BCUT2D eigenvalue weighted by molar-refractivity contribution is 7.91. The predicted molar refractivity (Wildman–Crippen MR) is 132 cm³/mol. The van der Waals surface area contributed by atoms with Crippen LogP contribution in [0.2, 0.25) is 0 Å². The molecule has 1 aromatic carbocycles. The molecule has 5 rings (SSSR count). The fraction of sp³-hybridized carbons (Fsp3) is 0.500. The second-order valence-corrected chi connectivity index (χ2v) is 12.7. The Labute approximate surface area is 202 Å². The molecule has 0 saturated heterocycles. The molecular weight excluding hydrogens is 446 g/mol. The minimum atomic E-state index is -3.46. The van der Waals surface area contributed by atoms with Crippen molar-refractivity contribution in [2.24, 2.45) is 17.3 Å². The van der Waals surface area contributed by atoms with E-state index in [1.54, 1.807) is 6.07 Å². The number of aliphatic carboxylic acids is 1. The Balaban J connectivity index is 1.36. The van der Waals surface area contributed by atoms with E-state index in [2.05, 4.69) is 30.1 Å². The van der Waals surface area contributed by atoms with Crippen LogP contribution in [0.1, 0.15) is 73.8 Å². The highest BCUT2D eigenvalue weighted by Gasteiger charge is 2.51. The molecule has 4 atom stereocenters. The maximum absolute atomic E-state index is 12.8. The Bertz CT molecular complexity index is 1250. The SMILES string of the molecule is Cc1ccc(C2=CCC3C4CCc5cc(S(=O)(=O)CCCC(=O)O)ccc5C4CC[C@]23C)cn1. The van der Waals surface area contributed by atoms with Gasteiger partial charge in [0.25, 0.3) is 0 Å². The fourth-order valence-corrected chi connectivity index (χ4v) is 8.28. The molecule has 1 heterocycles. The van der Waals surface area contributed by atoms with E-state index in [4.69, 9.17) is 5.11 Å². The number of aromatic nitrogens is 1. The van der Waals surface area contributed by atoms with Gasteiger partial charge < -0.3 is 5.11 Å². The maximum atomic E-state index is 12.8. The number of hydrogen-bond donors (Lipinski definition) is 1. The third-order valence-electron chi connectivity index (χ3n) is 8.66. The van der Waals surface area contributed by atoms with Gasteiger partial charge in [-0.05, 0) is 109 Å². The molecule has 1 saturated carbocycles. The van der Waals surface area contributed by atoms with Crippen molar-refractivity contribution in [1.29, 1.82) is 0 Å². The lowest BCUT2D eigenvalue weighted by Gasteiger charge is -2.50. The first-order chi connectivity index (χ1) is 16.2. The number of carbonyl (C=O) groups is 1. The van der Waals surface area contributed by atoms with Gasteiger partial charge in [-0.3, -0.25) is 9.78 Å². The topological polar surface area (TPSA) is 84.3 Å². The standard InChI is InChI=1S/C28H33NO4S/c1-18-5-6-20(17-29-18)25-11-12-26-24-9-7-19-16-21(34(32,33)15-3-4-27(30)31)8-10-22(19)23(24)13-14-28(25,26)2/h5-6,8,10-11,16-17,23-24,26H,3-4,7,9,12-15H2,1-2H3,(H,30,31)/t23?,24?,26?,28-/m1/s1. The Morgan fingerprint density at radius 3 is 2.76 bits per heavy atom. The number of pyridine rings is 1. The molecule has 3 aliphatic carbocycles. The van der Waals surface area contributed by atoms with Crippen LogP contribution in [0.15, 0.2) is 47.5 Å². The predicted octanol–water partition coefficient (Wildman–Crippen LogP) is 5.58. The fourth-order valence-electron chi connectivity index (χ4n) is 6.93. The molecule has 1 aromatic heterocycles. The number of hydrogen-bond acceptors (Lipinski definition) is 4. The van der Waals surface area contributed by atoms with Crippen molar-refractivity contribution in [2.45, 2.75) is 69.6 Å². The molecule has 0 aliphatic heterocycles. The summed E-state index contributed by atoms with van der Waals surface area (Å²) in [4.78, 5) is 15.6. The molecule has 5 nitrogen and oxygen atoms in total. The van der Waals surface area contributed by atoms with E-state index in [0.29, 0.717) is 22.6 Å². The molecule has 1 N–H and O–H groups in total. The van der Waals surface area contributed by atoms with Gasteiger partial charge in [0.15, 0.2) is 9.84 Å². The minimum absolute atomic E-state index is 0.118. The molecule has 6 heteroatoms. The molecule has 0 radical (unpaired) electrons. The van der Waals surface area contributed by atoms with E-state index in [-0.39, 0.29) is 24.0 Å². The van der Waals surface area contributed by atoms with Gasteiger partial charge in [0.1, 0.15) is 0 Å². The number of carboxylic acid groups (broad SMARTS) is 1. The zero-order valence-electron chi connectivity index (χ0n) is 20.0. The number of sulfone groups is 1. The monoisotopic (exact) mass is 479 g/mol. The Kier molecular flexibility index (Phi) is 5.91. The summed E-state index contributed by atoms with van der Waals surface area (Å²) in [7, 11) is -3.46. The second kappa shape index (κ2) is 8.63. The zero-order valence-corrected chi connectivity index (χ0v) is 20.8. The van der Waals surface area contributed by atoms with E-state index in [9.17, 15) is 13.2 Å². The van der Waals surface area contributed by atoms with Crippen LogP contribution in [0.5, 0.6) is 0 Å². The first-order valence-electron chi connectivity index (χ1n) is 12.4. The van der Waals surface area contributed by atoms with E-state index in [1.165, 1.54) is 16.7 Å². The van der Waals surface area contributed by atoms with E-state index >= 15 is 0 Å². The average molecular weight is 480 g/mol. The number of aryl methyl sites for hydroxylation is 2. The summed E-state index contributed by atoms with van der Waals surface area (Å²) in [6.07, 6.45) is 9.84. The molecule has 1 fully saturated rings. The molecule has 2 aromatic rings. The van der Waals surface area contributed by atoms with Crippen LogP contribution in [0.4, 0.5) is 0 Å². The molecule has 3 aliphatic rings. The highest BCUT2D eigenvalue weighted by Crippen LogP contribution is 2.63. The summed E-state index contributed by atoms with van der Waals surface area (Å²) in [6.45, 7) is 4.46. The summed E-state index contributed by atoms with van der Waals surface area (Å²) in [5, 5.41) is 8.82. The Hall–Kier alpha value is -2.47. The number of carboxylic acids is 1. The molecular formula is C28H33NO4S. The summed E-state index contributed by atoms with van der Waals surface area (Å²) >= 11 is 0. The molecule has 0 amide bonds. The lowest BCUT2D eigenvalue weighted by Crippen LogP contribution is -2.41. The van der Waals surface area contributed by atoms with Crippen LogP contribution >= 0.6 is 0 Å². The van der Waals surface area contributed by atoms with Gasteiger partial charge in [-0.15, -0.1) is 0 Å². The van der Waals surface area contributed by atoms with Gasteiger partial charge >= 0.3 is 5.97 Å². The molecule has 3 unspecified atom stereocenters. The van der Waals surface area contributed by atoms with Gasteiger partial charge in [0.05, 0.1) is 10.6 Å². The van der Waals surface area contributed by atoms with Crippen molar-refractivity contribution in [2.75, 3.05) is 5.75 Å². The van der Waals surface area contributed by atoms with Crippen LogP contribution in [-0.4, -0.2) is 30.2 Å². The molecule has 0 bridgehead atoms. The quantitative estimate of drug-likeness (QED) is 0.585. The molecule has 34 heavy (non-hydrogen) atoms. The van der Waals surface area contributed by atoms with Crippen molar-refractivity contribution in [1.82, 2.24) is 4.98 Å². The third kappa shape index (κ3) is 4.00. The van der Waals surface area contributed by atoms with Crippen molar-refractivity contribution in [3.63, 3.8) is 0 Å². The Morgan fingerprint density at radius 1 is 1.21 bits per heavy atom. The number of fused-ring (bicyclic) bond motifs is 5. The number of rotatable bonds is 6. The number of allylic oxidation sites excluding steroid dienone is 2. The van der Waals surface area contributed by atoms with Crippen molar-refractivity contribution in [3.05, 3.63) is 65.0 Å². The van der Waals surface area contributed by atoms with Crippen LogP contribution in [-0.2, 0) is 21.1 Å². The average Bonchev–Trinajstić information content (AvgIpc) is 3.16. The van der Waals surface area contributed by atoms with Gasteiger partial charge in [-0.25, -0.2) is 8.42 Å². The van der Waals surface area contributed by atoms with Crippen LogP contribution in [0.3, 0.4) is 0 Å². The second-order valence-electron chi connectivity index (χ2n) is 10.6. The first-order valence-corrected chi connectivity index (χ1v) is 14.1. The van der Waals surface area contributed by atoms with Crippen LogP contribution in [0, 0.1) is 24.2 Å². The highest BCUT2D eigenvalue weighted by atomic mass is 32.2. The lowest BCUT2D eigenvalue weighted by atomic mass is 9.54. The van der Waals surface area contributed by atoms with E-state index in [1.807, 2.05) is 25.3 Å². The number of benzene rings is 1. The normalized spacial score (nSPS) is 27.9. The largest absolute Gasteiger partial charge is 0.481 e. The summed E-state index contributed by atoms with van der Waals surface area (Å²) in [6, 6.07) is 9.98. The van der Waals surface area contributed by atoms with Gasteiger partial charge in [-0.1, -0.05) is 25.1 Å². The molecule has 180 valence electrons. The van der Waals surface area contributed by atoms with Crippen molar-refractivity contribution < 1.29 is 18.3 Å². The Morgan fingerprint density at radius 2 is 2.03 bits per heavy atom. The summed E-state index contributed by atoms with van der Waals surface area (Å²) in [5.74, 6) is 0.618. The van der Waals surface area contributed by atoms with Crippen LogP contribution < -0.4 is 0 Å². The van der Waals surface area contributed by atoms with E-state index in [0.717, 1.165) is 43.4 Å². The van der Waals surface area contributed by atoms with Crippen LogP contribution in [0.25, 0.3) is 5.57 Å². The molecule has 0 spiro atoms. The third-order valence-corrected chi connectivity index (χ3v) is 10.5. The van der Waals surface area contributed by atoms with Gasteiger partial charge in [-0.2, -0.15) is 0 Å². The summed E-state index contributed by atoms with van der Waals surface area (Å²) < 4.78 is 25.5. The van der Waals surface area contributed by atoms with Gasteiger partial charge in [0.2, 0.25) is 0 Å². The smallest absolute Gasteiger partial charge is 0.303 e. The van der Waals surface area contributed by atoms with Gasteiger partial charge in [0, 0.05) is 18.3 Å². The maximum Gasteiger partial charge on any atom is 0.303 e. The lowest BCUT2D eigenvalue weighted by molar-refractivity contribution is -0.137. The van der Waals surface area contributed by atoms with Crippen molar-refractivity contribution in [3.8, 4) is 0 Å². The van der Waals surface area contributed by atoms with Crippen molar-refractivity contribution >= 4 is 21.4 Å². The minimum Gasteiger partial charge on any atom is -0.481 e.